The molecule has 1 aromatic heterocycles. The highest BCUT2D eigenvalue weighted by Gasteiger charge is 2.26. The monoisotopic (exact) mass is 237 g/mol. The van der Waals surface area contributed by atoms with E-state index in [-0.39, 0.29) is 0 Å². The molecule has 0 amide bonds. The van der Waals surface area contributed by atoms with Crippen LogP contribution in [0.4, 0.5) is 0 Å². The molecule has 0 bridgehead atoms. The van der Waals surface area contributed by atoms with Gasteiger partial charge in [0.1, 0.15) is 0 Å². The Morgan fingerprint density at radius 3 is 2.78 bits per heavy atom. The largest absolute Gasteiger partial charge is 0.343 e. The molecule has 1 aliphatic carbocycles. The van der Waals surface area contributed by atoms with E-state index in [1.54, 1.807) is 0 Å². The Morgan fingerprint density at radius 1 is 1.28 bits per heavy atom. The Balaban J connectivity index is 2.32. The van der Waals surface area contributed by atoms with Crippen molar-refractivity contribution in [2.45, 2.75) is 26.7 Å². The second-order valence-corrected chi connectivity index (χ2v) is 4.92. The fraction of sp³-hybridized carbons (Fsp3) is 0.294. The lowest BCUT2D eigenvalue weighted by Crippen LogP contribution is -1.94. The highest BCUT2D eigenvalue weighted by molar-refractivity contribution is 5.97. The highest BCUT2D eigenvalue weighted by Crippen LogP contribution is 2.42. The maximum atomic E-state index is 2.37. The van der Waals surface area contributed by atoms with Crippen LogP contribution in [-0.4, -0.2) is 4.57 Å². The van der Waals surface area contributed by atoms with E-state index in [0.717, 1.165) is 12.8 Å². The van der Waals surface area contributed by atoms with E-state index < -0.39 is 0 Å². The summed E-state index contributed by atoms with van der Waals surface area (Å²) in [5.41, 5.74) is 7.17. The summed E-state index contributed by atoms with van der Waals surface area (Å²) in [7, 11) is 2.18. The summed E-state index contributed by atoms with van der Waals surface area (Å²) >= 11 is 0. The predicted octanol–water partition coefficient (Wildman–Crippen LogP) is 4.47. The van der Waals surface area contributed by atoms with E-state index in [1.807, 2.05) is 0 Å². The third kappa shape index (κ3) is 1.40. The number of nitrogens with zero attached hydrogens (tertiary/aromatic N) is 1. The van der Waals surface area contributed by atoms with E-state index in [1.165, 1.54) is 33.3 Å². The van der Waals surface area contributed by atoms with Crippen LogP contribution < -0.4 is 0 Å². The summed E-state index contributed by atoms with van der Waals surface area (Å²) in [6.07, 6.45) is 6.82. The summed E-state index contributed by atoms with van der Waals surface area (Å²) in [5, 5.41) is 1.41. The maximum absolute atomic E-state index is 2.37. The number of benzene rings is 1. The van der Waals surface area contributed by atoms with Gasteiger partial charge in [-0.1, -0.05) is 37.3 Å². The SMILES string of the molecule is C/C=C1\C(=C/CC)Cc2c1n(C)c1ccccc21. The summed E-state index contributed by atoms with van der Waals surface area (Å²) in [5.74, 6) is 0. The average Bonchev–Trinajstić information content (AvgIpc) is 2.88. The molecular weight excluding hydrogens is 218 g/mol. The molecule has 1 aromatic carbocycles. The minimum Gasteiger partial charge on any atom is -0.343 e. The molecule has 1 aliphatic rings. The minimum atomic E-state index is 1.09. The molecule has 18 heavy (non-hydrogen) atoms. The van der Waals surface area contributed by atoms with Gasteiger partial charge in [-0.05, 0) is 36.1 Å². The second kappa shape index (κ2) is 4.16. The molecule has 0 spiro atoms. The molecule has 1 heterocycles. The number of para-hydroxylation sites is 1. The summed E-state index contributed by atoms with van der Waals surface area (Å²) in [6, 6.07) is 8.72. The fourth-order valence-electron chi connectivity index (χ4n) is 3.18. The number of hydrogen-bond acceptors (Lipinski definition) is 0. The van der Waals surface area contributed by atoms with Crippen LogP contribution in [0.15, 0.2) is 42.0 Å². The Bertz CT molecular complexity index is 668. The van der Waals surface area contributed by atoms with Gasteiger partial charge in [-0.2, -0.15) is 0 Å². The van der Waals surface area contributed by atoms with Crippen molar-refractivity contribution < 1.29 is 0 Å². The zero-order valence-corrected chi connectivity index (χ0v) is 11.3. The van der Waals surface area contributed by atoms with Crippen LogP contribution in [0.3, 0.4) is 0 Å². The Labute approximate surface area is 108 Å². The molecule has 3 rings (SSSR count). The molecule has 0 saturated carbocycles. The molecule has 0 unspecified atom stereocenters. The van der Waals surface area contributed by atoms with E-state index >= 15 is 0 Å². The number of rotatable bonds is 1. The smallest absolute Gasteiger partial charge is 0.0524 e. The molecular formula is C17H19N. The molecule has 0 atom stereocenters. The van der Waals surface area contributed by atoms with Gasteiger partial charge in [0, 0.05) is 24.4 Å². The number of hydrogen-bond donors (Lipinski definition) is 0. The second-order valence-electron chi connectivity index (χ2n) is 4.92. The Hall–Kier alpha value is -1.76. The van der Waals surface area contributed by atoms with Gasteiger partial charge >= 0.3 is 0 Å². The lowest BCUT2D eigenvalue weighted by molar-refractivity contribution is 0.948. The maximum Gasteiger partial charge on any atom is 0.0524 e. The van der Waals surface area contributed by atoms with Crippen LogP contribution in [0.5, 0.6) is 0 Å². The first kappa shape index (κ1) is 11.3. The van der Waals surface area contributed by atoms with Gasteiger partial charge in [0.15, 0.2) is 0 Å². The molecule has 1 nitrogen and oxygen atoms in total. The van der Waals surface area contributed by atoms with Crippen molar-refractivity contribution in [2.75, 3.05) is 0 Å². The van der Waals surface area contributed by atoms with Crippen molar-refractivity contribution in [2.24, 2.45) is 7.05 Å². The number of fused-ring (bicyclic) bond motifs is 3. The van der Waals surface area contributed by atoms with Gasteiger partial charge in [0.05, 0.1) is 5.69 Å². The fourth-order valence-corrected chi connectivity index (χ4v) is 3.18. The molecule has 0 saturated heterocycles. The van der Waals surface area contributed by atoms with Crippen molar-refractivity contribution in [3.8, 4) is 0 Å². The van der Waals surface area contributed by atoms with Crippen LogP contribution in [0.25, 0.3) is 16.5 Å². The van der Waals surface area contributed by atoms with Crippen LogP contribution in [0.1, 0.15) is 31.5 Å². The van der Waals surface area contributed by atoms with E-state index in [4.69, 9.17) is 0 Å². The Kier molecular flexibility index (Phi) is 2.62. The van der Waals surface area contributed by atoms with Crippen molar-refractivity contribution in [3.05, 3.63) is 53.2 Å². The summed E-state index contributed by atoms with van der Waals surface area (Å²) in [4.78, 5) is 0. The van der Waals surface area contributed by atoms with Crippen LogP contribution >= 0.6 is 0 Å². The summed E-state index contributed by atoms with van der Waals surface area (Å²) < 4.78 is 2.34. The molecule has 0 fully saturated rings. The normalized spacial score (nSPS) is 19.1. The van der Waals surface area contributed by atoms with Gasteiger partial charge in [-0.3, -0.25) is 0 Å². The first-order valence-corrected chi connectivity index (χ1v) is 6.70. The Morgan fingerprint density at radius 2 is 2.06 bits per heavy atom. The van der Waals surface area contributed by atoms with Crippen molar-refractivity contribution >= 4 is 16.5 Å². The van der Waals surface area contributed by atoms with E-state index in [9.17, 15) is 0 Å². The molecule has 1 heteroatoms. The van der Waals surface area contributed by atoms with Crippen LogP contribution in [-0.2, 0) is 13.5 Å². The first-order chi connectivity index (χ1) is 8.77. The molecule has 0 aliphatic heterocycles. The van der Waals surface area contributed by atoms with Crippen LogP contribution in [0.2, 0.25) is 0 Å². The summed E-state index contributed by atoms with van der Waals surface area (Å²) in [6.45, 7) is 4.35. The lowest BCUT2D eigenvalue weighted by Gasteiger charge is -2.06. The predicted molar refractivity (Wildman–Crippen MR) is 78.6 cm³/mol. The molecule has 0 N–H and O–H groups in total. The van der Waals surface area contributed by atoms with Crippen molar-refractivity contribution in [1.29, 1.82) is 0 Å². The molecule has 92 valence electrons. The van der Waals surface area contributed by atoms with Crippen LogP contribution in [0, 0.1) is 0 Å². The lowest BCUT2D eigenvalue weighted by atomic mass is 10.1. The van der Waals surface area contributed by atoms with Crippen molar-refractivity contribution in [3.63, 3.8) is 0 Å². The quantitative estimate of drug-likeness (QED) is 0.689. The van der Waals surface area contributed by atoms with Gasteiger partial charge < -0.3 is 4.57 Å². The zero-order valence-electron chi connectivity index (χ0n) is 11.3. The highest BCUT2D eigenvalue weighted by atomic mass is 15.0. The standard InChI is InChI=1S/C17H19N/c1-4-8-12-11-15-14-9-6-7-10-16(14)18(3)17(15)13(12)5-2/h5-10H,4,11H2,1-3H3/b12-8-,13-5+. The average molecular weight is 237 g/mol. The van der Waals surface area contributed by atoms with Gasteiger partial charge in [0.25, 0.3) is 0 Å². The zero-order chi connectivity index (χ0) is 12.7. The van der Waals surface area contributed by atoms with Gasteiger partial charge in [-0.15, -0.1) is 0 Å². The van der Waals surface area contributed by atoms with E-state index in [2.05, 4.69) is 61.9 Å². The number of aryl methyl sites for hydroxylation is 1. The van der Waals surface area contributed by atoms with Gasteiger partial charge in [0.2, 0.25) is 0 Å². The first-order valence-electron chi connectivity index (χ1n) is 6.70. The molecule has 0 radical (unpaired) electrons. The topological polar surface area (TPSA) is 4.93 Å². The number of allylic oxidation sites excluding steroid dienone is 4. The number of aromatic nitrogens is 1. The van der Waals surface area contributed by atoms with E-state index in [0.29, 0.717) is 0 Å². The third-order valence-corrected chi connectivity index (χ3v) is 3.92. The van der Waals surface area contributed by atoms with Gasteiger partial charge in [-0.25, -0.2) is 0 Å². The third-order valence-electron chi connectivity index (χ3n) is 3.92. The molecule has 2 aromatic rings. The minimum absolute atomic E-state index is 1.09. The van der Waals surface area contributed by atoms with Crippen molar-refractivity contribution in [1.82, 2.24) is 4.57 Å².